The lowest BCUT2D eigenvalue weighted by Crippen LogP contribution is -1.97. The maximum absolute atomic E-state index is 11.5. The summed E-state index contributed by atoms with van der Waals surface area (Å²) in [6.45, 7) is 1.56. The zero-order chi connectivity index (χ0) is 15.5. The molecule has 0 spiro atoms. The number of hydrogen-bond donors (Lipinski definition) is 0. The number of nitrogens with zero attached hydrogens (tertiary/aromatic N) is 3. The molecule has 0 saturated carbocycles. The molecule has 6 heteroatoms. The average molecular weight is 313 g/mol. The van der Waals surface area contributed by atoms with Gasteiger partial charge in [-0.25, -0.2) is 0 Å². The number of aromatic nitrogens is 3. The van der Waals surface area contributed by atoms with Gasteiger partial charge in [0.25, 0.3) is 0 Å². The Balaban J connectivity index is 1.86. The van der Waals surface area contributed by atoms with E-state index in [1.165, 1.54) is 0 Å². The first kappa shape index (κ1) is 14.6. The van der Waals surface area contributed by atoms with Gasteiger partial charge in [0.05, 0.1) is 7.11 Å². The van der Waals surface area contributed by atoms with Crippen LogP contribution in [-0.2, 0) is 5.75 Å². The van der Waals surface area contributed by atoms with E-state index >= 15 is 0 Å². The molecule has 3 rings (SSSR count). The SMILES string of the molecule is COc1ccc(C(C)=O)cc1CSc1nnc2ccccn12. The van der Waals surface area contributed by atoms with Crippen molar-refractivity contribution in [2.75, 3.05) is 7.11 Å². The van der Waals surface area contributed by atoms with Gasteiger partial charge in [0, 0.05) is 23.1 Å². The average Bonchev–Trinajstić information content (AvgIpc) is 2.95. The van der Waals surface area contributed by atoms with E-state index in [2.05, 4.69) is 10.2 Å². The summed E-state index contributed by atoms with van der Waals surface area (Å²) >= 11 is 1.56. The van der Waals surface area contributed by atoms with Crippen molar-refractivity contribution in [2.45, 2.75) is 17.8 Å². The first-order valence-corrected chi connectivity index (χ1v) is 7.78. The summed E-state index contributed by atoms with van der Waals surface area (Å²) < 4.78 is 7.31. The van der Waals surface area contributed by atoms with E-state index in [9.17, 15) is 4.79 Å². The fourth-order valence-electron chi connectivity index (χ4n) is 2.17. The number of pyridine rings is 1. The molecule has 0 amide bonds. The molecule has 0 fully saturated rings. The highest BCUT2D eigenvalue weighted by molar-refractivity contribution is 7.98. The van der Waals surface area contributed by atoms with Gasteiger partial charge < -0.3 is 4.74 Å². The Labute approximate surface area is 132 Å². The monoisotopic (exact) mass is 313 g/mol. The molecule has 0 atom stereocenters. The van der Waals surface area contributed by atoms with Crippen molar-refractivity contribution in [2.24, 2.45) is 0 Å². The fourth-order valence-corrected chi connectivity index (χ4v) is 3.07. The Bertz CT molecular complexity index is 829. The highest BCUT2D eigenvalue weighted by atomic mass is 32.2. The fraction of sp³-hybridized carbons (Fsp3) is 0.188. The third kappa shape index (κ3) is 2.82. The standard InChI is InChI=1S/C16H15N3O2S/c1-11(20)12-6-7-14(21-2)13(9-12)10-22-16-18-17-15-5-3-4-8-19(15)16/h3-9H,10H2,1-2H3. The normalized spacial score (nSPS) is 10.8. The van der Waals surface area contributed by atoms with Crippen molar-refractivity contribution < 1.29 is 9.53 Å². The number of methoxy groups -OCH3 is 1. The number of thioether (sulfide) groups is 1. The van der Waals surface area contributed by atoms with Gasteiger partial charge >= 0.3 is 0 Å². The molecule has 0 saturated heterocycles. The second-order valence-electron chi connectivity index (χ2n) is 4.78. The van der Waals surface area contributed by atoms with Crippen LogP contribution in [-0.4, -0.2) is 27.5 Å². The summed E-state index contributed by atoms with van der Waals surface area (Å²) in [6, 6.07) is 11.3. The molecule has 0 unspecified atom stereocenters. The smallest absolute Gasteiger partial charge is 0.195 e. The van der Waals surface area contributed by atoms with Gasteiger partial charge in [-0.1, -0.05) is 17.8 Å². The lowest BCUT2D eigenvalue weighted by molar-refractivity contribution is 0.101. The second kappa shape index (κ2) is 6.19. The number of Topliss-reactive ketones (excluding diaryl/α,β-unsaturated/α-hetero) is 1. The Morgan fingerprint density at radius 1 is 1.27 bits per heavy atom. The van der Waals surface area contributed by atoms with Crippen LogP contribution >= 0.6 is 11.8 Å². The second-order valence-corrected chi connectivity index (χ2v) is 5.73. The minimum absolute atomic E-state index is 0.0434. The Morgan fingerprint density at radius 3 is 2.91 bits per heavy atom. The molecule has 0 aliphatic rings. The van der Waals surface area contributed by atoms with E-state index in [4.69, 9.17) is 4.74 Å². The van der Waals surface area contributed by atoms with Crippen molar-refractivity contribution in [3.8, 4) is 5.75 Å². The summed E-state index contributed by atoms with van der Waals surface area (Å²) in [6.07, 6.45) is 1.93. The Kier molecular flexibility index (Phi) is 4.11. The molecule has 2 heterocycles. The number of ether oxygens (including phenoxy) is 1. The third-order valence-corrected chi connectivity index (χ3v) is 4.32. The molecule has 1 aromatic carbocycles. The number of rotatable bonds is 5. The minimum Gasteiger partial charge on any atom is -0.496 e. The van der Waals surface area contributed by atoms with Crippen LogP contribution < -0.4 is 4.74 Å². The highest BCUT2D eigenvalue weighted by Gasteiger charge is 2.10. The van der Waals surface area contributed by atoms with Crippen molar-refractivity contribution in [1.29, 1.82) is 0 Å². The lowest BCUT2D eigenvalue weighted by Gasteiger charge is -2.09. The van der Waals surface area contributed by atoms with Gasteiger partial charge in [0.15, 0.2) is 16.6 Å². The molecule has 0 bridgehead atoms. The minimum atomic E-state index is 0.0434. The number of carbonyl (C=O) groups is 1. The summed E-state index contributed by atoms with van der Waals surface area (Å²) in [7, 11) is 1.63. The quantitative estimate of drug-likeness (QED) is 0.534. The molecule has 0 aliphatic carbocycles. The predicted molar refractivity (Wildman–Crippen MR) is 85.5 cm³/mol. The van der Waals surface area contributed by atoms with Crippen LogP contribution in [0.25, 0.3) is 5.65 Å². The van der Waals surface area contributed by atoms with E-state index in [-0.39, 0.29) is 5.78 Å². The molecular weight excluding hydrogens is 298 g/mol. The molecule has 112 valence electrons. The predicted octanol–water partition coefficient (Wildman–Crippen LogP) is 3.23. The molecule has 0 radical (unpaired) electrons. The zero-order valence-corrected chi connectivity index (χ0v) is 13.1. The largest absolute Gasteiger partial charge is 0.496 e. The van der Waals surface area contributed by atoms with Crippen LogP contribution in [0, 0.1) is 0 Å². The van der Waals surface area contributed by atoms with Crippen LogP contribution in [0.4, 0.5) is 0 Å². The van der Waals surface area contributed by atoms with Crippen LogP contribution in [0.3, 0.4) is 0 Å². The Morgan fingerprint density at radius 2 is 2.14 bits per heavy atom. The molecule has 22 heavy (non-hydrogen) atoms. The molecular formula is C16H15N3O2S. The molecule has 0 N–H and O–H groups in total. The van der Waals surface area contributed by atoms with Crippen molar-refractivity contribution in [3.05, 3.63) is 53.7 Å². The zero-order valence-electron chi connectivity index (χ0n) is 12.3. The maximum atomic E-state index is 11.5. The van der Waals surface area contributed by atoms with Crippen molar-refractivity contribution in [1.82, 2.24) is 14.6 Å². The number of benzene rings is 1. The summed E-state index contributed by atoms with van der Waals surface area (Å²) in [4.78, 5) is 11.5. The first-order valence-electron chi connectivity index (χ1n) is 6.79. The van der Waals surface area contributed by atoms with E-state index < -0.39 is 0 Å². The van der Waals surface area contributed by atoms with Crippen LogP contribution in [0.5, 0.6) is 5.75 Å². The van der Waals surface area contributed by atoms with E-state index in [0.29, 0.717) is 11.3 Å². The Hall–Kier alpha value is -2.34. The molecule has 5 nitrogen and oxygen atoms in total. The van der Waals surface area contributed by atoms with Gasteiger partial charge in [-0.3, -0.25) is 9.20 Å². The molecule has 0 aliphatic heterocycles. The van der Waals surface area contributed by atoms with Crippen LogP contribution in [0.1, 0.15) is 22.8 Å². The third-order valence-electron chi connectivity index (χ3n) is 3.33. The van der Waals surface area contributed by atoms with Gasteiger partial charge in [-0.15, -0.1) is 10.2 Å². The lowest BCUT2D eigenvalue weighted by atomic mass is 10.1. The summed E-state index contributed by atoms with van der Waals surface area (Å²) in [5.41, 5.74) is 2.46. The molecule has 2 aromatic heterocycles. The van der Waals surface area contributed by atoms with Gasteiger partial charge in [0.1, 0.15) is 5.75 Å². The molecule has 3 aromatic rings. The van der Waals surface area contributed by atoms with Gasteiger partial charge in [-0.05, 0) is 37.3 Å². The number of hydrogen-bond acceptors (Lipinski definition) is 5. The number of fused-ring (bicyclic) bond motifs is 1. The maximum Gasteiger partial charge on any atom is 0.195 e. The first-order chi connectivity index (χ1) is 10.7. The summed E-state index contributed by atoms with van der Waals surface area (Å²) in [5, 5.41) is 9.13. The number of carbonyl (C=O) groups excluding carboxylic acids is 1. The number of ketones is 1. The van der Waals surface area contributed by atoms with Crippen LogP contribution in [0.15, 0.2) is 47.8 Å². The highest BCUT2D eigenvalue weighted by Crippen LogP contribution is 2.28. The van der Waals surface area contributed by atoms with Crippen molar-refractivity contribution in [3.63, 3.8) is 0 Å². The van der Waals surface area contributed by atoms with Gasteiger partial charge in [-0.2, -0.15) is 0 Å². The van der Waals surface area contributed by atoms with Crippen molar-refractivity contribution >= 4 is 23.2 Å². The van der Waals surface area contributed by atoms with Gasteiger partial charge in [0.2, 0.25) is 0 Å². The topological polar surface area (TPSA) is 56.5 Å². The van der Waals surface area contributed by atoms with E-state index in [0.717, 1.165) is 22.1 Å². The van der Waals surface area contributed by atoms with E-state index in [1.807, 2.05) is 40.9 Å². The van der Waals surface area contributed by atoms with Crippen LogP contribution in [0.2, 0.25) is 0 Å². The van der Waals surface area contributed by atoms with E-state index in [1.54, 1.807) is 31.9 Å². The summed E-state index contributed by atoms with van der Waals surface area (Å²) in [5.74, 6) is 1.47.